The van der Waals surface area contributed by atoms with Gasteiger partial charge in [0.05, 0.1) is 9.52 Å². The third kappa shape index (κ3) is 5.04. The lowest BCUT2D eigenvalue weighted by Gasteiger charge is -2.29. The number of rotatable bonds is 8. The summed E-state index contributed by atoms with van der Waals surface area (Å²) in [5.74, 6) is -1.03. The Hall–Kier alpha value is 0.0169. The van der Waals surface area contributed by atoms with Crippen molar-refractivity contribution in [1.29, 1.82) is 0 Å². The average molecular weight is 222 g/mol. The van der Waals surface area contributed by atoms with Crippen LogP contribution in [-0.4, -0.2) is 49.0 Å². The number of ether oxygens (including phenoxy) is 3. The van der Waals surface area contributed by atoms with Crippen LogP contribution in [0.25, 0.3) is 0 Å². The predicted molar refractivity (Wildman–Crippen MR) is 58.8 cm³/mol. The molecule has 5 nitrogen and oxygen atoms in total. The fourth-order valence-corrected chi connectivity index (χ4v) is 2.75. The van der Waals surface area contributed by atoms with Crippen molar-refractivity contribution in [2.45, 2.75) is 24.1 Å². The molecule has 1 unspecified atom stereocenters. The molecule has 6 heteroatoms. The molecule has 14 heavy (non-hydrogen) atoms. The monoisotopic (exact) mass is 222 g/mol. The second-order valence-corrected chi connectivity index (χ2v) is 5.41. The Bertz CT molecular complexity index is 145. The Kier molecular flexibility index (Phi) is 7.34. The van der Waals surface area contributed by atoms with Gasteiger partial charge in [0, 0.05) is 33.5 Å². The molecule has 0 saturated heterocycles. The maximum atomic E-state index is 5.81. The highest BCUT2D eigenvalue weighted by Gasteiger charge is 2.28. The summed E-state index contributed by atoms with van der Waals surface area (Å²) in [7, 11) is 4.38. The fraction of sp³-hybridized carbons (Fsp3) is 1.00. The Labute approximate surface area is 87.9 Å². The van der Waals surface area contributed by atoms with Crippen LogP contribution in [0.2, 0.25) is 6.04 Å². The zero-order valence-corrected chi connectivity index (χ0v) is 10.7. The highest BCUT2D eigenvalue weighted by atomic mass is 28.2. The highest BCUT2D eigenvalue weighted by Crippen LogP contribution is 2.13. The molecule has 0 aliphatic rings. The van der Waals surface area contributed by atoms with Gasteiger partial charge in [-0.2, -0.15) is 0 Å². The van der Waals surface area contributed by atoms with E-state index in [-0.39, 0.29) is 15.2 Å². The molecule has 0 heterocycles. The predicted octanol–water partition coefficient (Wildman–Crippen LogP) is -1.20. The quantitative estimate of drug-likeness (QED) is 0.398. The van der Waals surface area contributed by atoms with Gasteiger partial charge in [-0.05, 0) is 12.6 Å². The van der Waals surface area contributed by atoms with Crippen LogP contribution in [0.1, 0.15) is 6.42 Å². The van der Waals surface area contributed by atoms with Crippen LogP contribution in [-0.2, 0) is 14.2 Å². The summed E-state index contributed by atoms with van der Waals surface area (Å²) in [5, 5.41) is 0. The lowest BCUT2D eigenvalue weighted by Crippen LogP contribution is -2.48. The Morgan fingerprint density at radius 2 is 1.86 bits per heavy atom. The largest absolute Gasteiger partial charge is 0.385 e. The standard InChI is InChI=1S/C8H22N2O3Si/c1-11-7(14-5-4-9)6-8(10,12-2)13-3/h7H,4-6,9-10,14H2,1-3H3. The van der Waals surface area contributed by atoms with Gasteiger partial charge in [0.1, 0.15) is 0 Å². The molecule has 0 aromatic carbocycles. The minimum Gasteiger partial charge on any atom is -0.385 e. The lowest BCUT2D eigenvalue weighted by molar-refractivity contribution is -0.214. The zero-order chi connectivity index (χ0) is 11.0. The summed E-state index contributed by atoms with van der Waals surface area (Å²) in [4.78, 5) is 0. The molecule has 0 spiro atoms. The van der Waals surface area contributed by atoms with Gasteiger partial charge >= 0.3 is 0 Å². The first-order valence-electron chi connectivity index (χ1n) is 4.74. The molecule has 0 aliphatic heterocycles. The second-order valence-electron chi connectivity index (χ2n) is 3.21. The smallest absolute Gasteiger partial charge is 0.226 e. The van der Waals surface area contributed by atoms with E-state index in [1.165, 1.54) is 14.2 Å². The van der Waals surface area contributed by atoms with Gasteiger partial charge in [0.25, 0.3) is 0 Å². The number of nitrogens with two attached hydrogens (primary N) is 2. The molecule has 0 fully saturated rings. The topological polar surface area (TPSA) is 79.7 Å². The van der Waals surface area contributed by atoms with E-state index in [9.17, 15) is 0 Å². The first-order valence-corrected chi connectivity index (χ1v) is 6.55. The SMILES string of the molecule is COC(CC(N)(OC)OC)[SiH2]CCN. The Balaban J connectivity index is 4.00. The van der Waals surface area contributed by atoms with Gasteiger partial charge in [0.2, 0.25) is 5.91 Å². The van der Waals surface area contributed by atoms with E-state index in [2.05, 4.69) is 0 Å². The van der Waals surface area contributed by atoms with Crippen LogP contribution in [0, 0.1) is 0 Å². The highest BCUT2D eigenvalue weighted by molar-refractivity contribution is 6.37. The Morgan fingerprint density at radius 1 is 1.29 bits per heavy atom. The van der Waals surface area contributed by atoms with E-state index in [4.69, 9.17) is 25.7 Å². The summed E-state index contributed by atoms with van der Waals surface area (Å²) in [5.41, 5.74) is 11.4. The Morgan fingerprint density at radius 3 is 2.21 bits per heavy atom. The molecule has 4 N–H and O–H groups in total. The lowest BCUT2D eigenvalue weighted by atomic mass is 10.3. The minimum absolute atomic E-state index is 0.156. The summed E-state index contributed by atoms with van der Waals surface area (Å²) in [6.07, 6.45) is 0.558. The van der Waals surface area contributed by atoms with Gasteiger partial charge < -0.3 is 19.9 Å². The van der Waals surface area contributed by atoms with E-state index < -0.39 is 5.91 Å². The van der Waals surface area contributed by atoms with E-state index in [1.807, 2.05) is 0 Å². The average Bonchev–Trinajstić information content (AvgIpc) is 2.23. The van der Waals surface area contributed by atoms with Crippen molar-refractivity contribution < 1.29 is 14.2 Å². The molecule has 0 radical (unpaired) electrons. The van der Waals surface area contributed by atoms with Crippen molar-refractivity contribution in [3.8, 4) is 0 Å². The molecular weight excluding hydrogens is 200 g/mol. The molecule has 0 aromatic heterocycles. The van der Waals surface area contributed by atoms with Crippen molar-refractivity contribution in [2.24, 2.45) is 11.5 Å². The van der Waals surface area contributed by atoms with Gasteiger partial charge in [-0.3, -0.25) is 5.73 Å². The normalized spacial score (nSPS) is 15.2. The second kappa shape index (κ2) is 7.33. The number of hydrogen-bond acceptors (Lipinski definition) is 5. The van der Waals surface area contributed by atoms with Crippen LogP contribution < -0.4 is 11.5 Å². The van der Waals surface area contributed by atoms with Crippen molar-refractivity contribution in [3.05, 3.63) is 0 Å². The maximum Gasteiger partial charge on any atom is 0.226 e. The van der Waals surface area contributed by atoms with Crippen molar-refractivity contribution in [2.75, 3.05) is 27.9 Å². The van der Waals surface area contributed by atoms with E-state index in [0.29, 0.717) is 13.0 Å². The summed E-state index contributed by atoms with van der Waals surface area (Å²) in [6, 6.07) is 1.04. The first kappa shape index (κ1) is 14.0. The van der Waals surface area contributed by atoms with Crippen LogP contribution in [0.3, 0.4) is 0 Å². The van der Waals surface area contributed by atoms with Crippen LogP contribution in [0.5, 0.6) is 0 Å². The van der Waals surface area contributed by atoms with Gasteiger partial charge in [-0.15, -0.1) is 0 Å². The van der Waals surface area contributed by atoms with Crippen molar-refractivity contribution in [3.63, 3.8) is 0 Å². The summed E-state index contributed by atoms with van der Waals surface area (Å²) < 4.78 is 15.4. The fourth-order valence-electron chi connectivity index (χ4n) is 1.22. The molecule has 0 saturated carbocycles. The molecule has 0 aromatic rings. The molecule has 0 rings (SSSR count). The van der Waals surface area contributed by atoms with Crippen LogP contribution in [0.15, 0.2) is 0 Å². The van der Waals surface area contributed by atoms with E-state index in [1.54, 1.807) is 7.11 Å². The van der Waals surface area contributed by atoms with E-state index >= 15 is 0 Å². The first-order chi connectivity index (χ1) is 6.61. The molecule has 86 valence electrons. The zero-order valence-electron chi connectivity index (χ0n) is 9.29. The van der Waals surface area contributed by atoms with Crippen molar-refractivity contribution >= 4 is 9.52 Å². The minimum atomic E-state index is -1.03. The van der Waals surface area contributed by atoms with E-state index in [0.717, 1.165) is 6.04 Å². The van der Waals surface area contributed by atoms with Crippen LogP contribution >= 0.6 is 0 Å². The summed E-state index contributed by atoms with van der Waals surface area (Å²) >= 11 is 0. The molecule has 0 bridgehead atoms. The van der Waals surface area contributed by atoms with Crippen molar-refractivity contribution in [1.82, 2.24) is 0 Å². The number of hydrogen-bond donors (Lipinski definition) is 2. The molecule has 0 aliphatic carbocycles. The third-order valence-electron chi connectivity index (χ3n) is 2.27. The molecule has 0 amide bonds. The third-order valence-corrected chi connectivity index (χ3v) is 4.35. The van der Waals surface area contributed by atoms with Gasteiger partial charge in [-0.25, -0.2) is 0 Å². The van der Waals surface area contributed by atoms with Gasteiger partial charge in [0.15, 0.2) is 0 Å². The number of methoxy groups -OCH3 is 3. The molecule has 1 atom stereocenters. The molecular formula is C8H22N2O3Si. The maximum absolute atomic E-state index is 5.81. The van der Waals surface area contributed by atoms with Gasteiger partial charge in [-0.1, -0.05) is 0 Å². The van der Waals surface area contributed by atoms with Crippen LogP contribution in [0.4, 0.5) is 0 Å². The summed E-state index contributed by atoms with van der Waals surface area (Å²) in [6.45, 7) is 0.712.